The van der Waals surface area contributed by atoms with Crippen molar-refractivity contribution >= 4 is 0 Å². The van der Waals surface area contributed by atoms with Crippen molar-refractivity contribution in [3.63, 3.8) is 0 Å². The first kappa shape index (κ1) is 8.97. The van der Waals surface area contributed by atoms with E-state index in [4.69, 9.17) is 9.84 Å². The van der Waals surface area contributed by atoms with Gasteiger partial charge in [0.25, 0.3) is 0 Å². The molecule has 1 unspecified atom stereocenters. The van der Waals surface area contributed by atoms with Crippen LogP contribution < -0.4 is 0 Å². The molecule has 0 aromatic carbocycles. The molecule has 0 aromatic heterocycles. The van der Waals surface area contributed by atoms with Gasteiger partial charge in [-0.15, -0.1) is 0 Å². The van der Waals surface area contributed by atoms with E-state index in [0.717, 1.165) is 13.1 Å². The lowest BCUT2D eigenvalue weighted by molar-refractivity contribution is -0.147. The number of aliphatic hydroxyl groups is 1. The summed E-state index contributed by atoms with van der Waals surface area (Å²) in [5.74, 6) is 0.667. The van der Waals surface area contributed by atoms with Crippen LogP contribution in [0.2, 0.25) is 0 Å². The van der Waals surface area contributed by atoms with Crippen LogP contribution in [0.15, 0.2) is 0 Å². The molecule has 0 aromatic rings. The van der Waals surface area contributed by atoms with Crippen LogP contribution in [0.1, 0.15) is 13.8 Å². The zero-order valence-electron chi connectivity index (χ0n) is 7.29. The van der Waals surface area contributed by atoms with E-state index in [2.05, 4.69) is 18.7 Å². The van der Waals surface area contributed by atoms with Crippen molar-refractivity contribution in [3.05, 3.63) is 0 Å². The number of ether oxygens (including phenoxy) is 1. The second kappa shape index (κ2) is 4.04. The fraction of sp³-hybridized carbons (Fsp3) is 1.00. The molecule has 1 N–H and O–H groups in total. The Morgan fingerprint density at radius 1 is 1.64 bits per heavy atom. The summed E-state index contributed by atoms with van der Waals surface area (Å²) in [4.78, 5) is 2.23. The molecular formula is C8H17NO2. The molecule has 66 valence electrons. The van der Waals surface area contributed by atoms with Gasteiger partial charge in [-0.05, 0) is 5.92 Å². The van der Waals surface area contributed by atoms with Crippen LogP contribution in [0.5, 0.6) is 0 Å². The highest BCUT2D eigenvalue weighted by Crippen LogP contribution is 2.05. The molecule has 1 heterocycles. The summed E-state index contributed by atoms with van der Waals surface area (Å²) < 4.78 is 5.00. The average Bonchev–Trinajstić information content (AvgIpc) is 1.85. The van der Waals surface area contributed by atoms with Crippen LogP contribution in [-0.4, -0.2) is 42.5 Å². The Morgan fingerprint density at radius 3 is 2.91 bits per heavy atom. The molecule has 3 heteroatoms. The molecule has 0 saturated carbocycles. The summed E-state index contributed by atoms with van der Waals surface area (Å²) in [5, 5.41) is 9.13. The monoisotopic (exact) mass is 159 g/mol. The Bertz CT molecular complexity index is 115. The van der Waals surface area contributed by atoms with Crippen molar-refractivity contribution < 1.29 is 9.84 Å². The van der Waals surface area contributed by atoms with E-state index in [1.807, 2.05) is 0 Å². The lowest BCUT2D eigenvalue weighted by Crippen LogP contribution is -2.43. The van der Waals surface area contributed by atoms with E-state index in [0.29, 0.717) is 19.1 Å². The molecule has 11 heavy (non-hydrogen) atoms. The van der Waals surface area contributed by atoms with Crippen LogP contribution in [0.25, 0.3) is 0 Å². The van der Waals surface area contributed by atoms with Crippen LogP contribution in [0, 0.1) is 5.92 Å². The predicted molar refractivity (Wildman–Crippen MR) is 43.2 cm³/mol. The Kier molecular flexibility index (Phi) is 3.30. The Hall–Kier alpha value is -0.120. The van der Waals surface area contributed by atoms with Gasteiger partial charge >= 0.3 is 0 Å². The Morgan fingerprint density at radius 2 is 2.36 bits per heavy atom. The maximum Gasteiger partial charge on any atom is 0.167 e. The lowest BCUT2D eigenvalue weighted by Gasteiger charge is -2.31. The van der Waals surface area contributed by atoms with Crippen molar-refractivity contribution in [2.24, 2.45) is 5.92 Å². The van der Waals surface area contributed by atoms with Gasteiger partial charge in [-0.2, -0.15) is 0 Å². The Balaban J connectivity index is 2.23. The highest BCUT2D eigenvalue weighted by Gasteiger charge is 2.17. The average molecular weight is 159 g/mol. The molecule has 1 fully saturated rings. The van der Waals surface area contributed by atoms with Gasteiger partial charge in [-0.3, -0.25) is 4.90 Å². The molecule has 0 aliphatic carbocycles. The summed E-state index contributed by atoms with van der Waals surface area (Å²) in [6.45, 7) is 7.70. The largest absolute Gasteiger partial charge is 0.367 e. The lowest BCUT2D eigenvalue weighted by atomic mass is 10.2. The number of nitrogens with zero attached hydrogens (tertiary/aromatic N) is 1. The molecule has 3 nitrogen and oxygen atoms in total. The van der Waals surface area contributed by atoms with Gasteiger partial charge in [0, 0.05) is 19.6 Å². The molecule has 0 amide bonds. The summed E-state index contributed by atoms with van der Waals surface area (Å²) in [7, 11) is 0. The van der Waals surface area contributed by atoms with E-state index in [1.165, 1.54) is 0 Å². The van der Waals surface area contributed by atoms with Gasteiger partial charge in [0.2, 0.25) is 0 Å². The molecular weight excluding hydrogens is 142 g/mol. The van der Waals surface area contributed by atoms with Crippen LogP contribution in [-0.2, 0) is 4.74 Å². The number of hydrogen-bond acceptors (Lipinski definition) is 3. The Labute approximate surface area is 68.0 Å². The smallest absolute Gasteiger partial charge is 0.167 e. The molecule has 0 bridgehead atoms. The van der Waals surface area contributed by atoms with Gasteiger partial charge < -0.3 is 9.84 Å². The zero-order chi connectivity index (χ0) is 8.27. The number of aliphatic hydroxyl groups excluding tert-OH is 1. The zero-order valence-corrected chi connectivity index (χ0v) is 7.29. The third kappa shape index (κ3) is 3.18. The first-order chi connectivity index (χ1) is 5.18. The maximum absolute atomic E-state index is 9.13. The van der Waals surface area contributed by atoms with Crippen LogP contribution in [0.4, 0.5) is 0 Å². The number of β-amino-alcohol motifs (C(OH)–C–C–N with tert-alkyl or cyclic N) is 1. The molecule has 1 rings (SSSR count). The molecule has 1 aliphatic heterocycles. The normalized spacial score (nSPS) is 27.8. The SMILES string of the molecule is CC(C)CN1CCOC(O)C1. The van der Waals surface area contributed by atoms with Crippen molar-refractivity contribution in [2.45, 2.75) is 20.1 Å². The van der Waals surface area contributed by atoms with Gasteiger partial charge in [-0.25, -0.2) is 0 Å². The predicted octanol–water partition coefficient (Wildman–Crippen LogP) is 0.293. The van der Waals surface area contributed by atoms with Crippen molar-refractivity contribution in [1.82, 2.24) is 4.90 Å². The standard InChI is InChI=1S/C8H17NO2/c1-7(2)5-9-3-4-11-8(10)6-9/h7-8,10H,3-6H2,1-2H3. The van der Waals surface area contributed by atoms with Gasteiger partial charge in [0.1, 0.15) is 0 Å². The first-order valence-electron chi connectivity index (χ1n) is 4.20. The fourth-order valence-electron chi connectivity index (χ4n) is 1.36. The summed E-state index contributed by atoms with van der Waals surface area (Å²) in [6, 6.07) is 0. The minimum absolute atomic E-state index is 0.567. The molecule has 1 saturated heterocycles. The quantitative estimate of drug-likeness (QED) is 0.628. The topological polar surface area (TPSA) is 32.7 Å². The maximum atomic E-state index is 9.13. The summed E-state index contributed by atoms with van der Waals surface area (Å²) >= 11 is 0. The van der Waals surface area contributed by atoms with Crippen molar-refractivity contribution in [1.29, 1.82) is 0 Å². The summed E-state index contributed by atoms with van der Waals surface area (Å²) in [6.07, 6.45) is -0.567. The van der Waals surface area contributed by atoms with Gasteiger partial charge in [-0.1, -0.05) is 13.8 Å². The van der Waals surface area contributed by atoms with E-state index >= 15 is 0 Å². The van der Waals surface area contributed by atoms with Crippen molar-refractivity contribution in [3.8, 4) is 0 Å². The fourth-order valence-corrected chi connectivity index (χ4v) is 1.36. The van der Waals surface area contributed by atoms with Crippen molar-refractivity contribution in [2.75, 3.05) is 26.2 Å². The second-order valence-electron chi connectivity index (χ2n) is 3.48. The van der Waals surface area contributed by atoms with Gasteiger partial charge in [0.15, 0.2) is 6.29 Å². The van der Waals surface area contributed by atoms with Gasteiger partial charge in [0.05, 0.1) is 6.61 Å². The highest BCUT2D eigenvalue weighted by atomic mass is 16.6. The first-order valence-corrected chi connectivity index (χ1v) is 4.20. The molecule has 1 aliphatic rings. The number of morpholine rings is 1. The number of hydrogen-bond donors (Lipinski definition) is 1. The minimum atomic E-state index is -0.567. The van der Waals surface area contributed by atoms with Crippen LogP contribution in [0.3, 0.4) is 0 Å². The molecule has 0 spiro atoms. The second-order valence-corrected chi connectivity index (χ2v) is 3.48. The van der Waals surface area contributed by atoms with E-state index < -0.39 is 6.29 Å². The third-order valence-corrected chi connectivity index (χ3v) is 1.76. The summed E-state index contributed by atoms with van der Waals surface area (Å²) in [5.41, 5.74) is 0. The third-order valence-electron chi connectivity index (χ3n) is 1.76. The minimum Gasteiger partial charge on any atom is -0.367 e. The highest BCUT2D eigenvalue weighted by molar-refractivity contribution is 4.65. The van der Waals surface area contributed by atoms with E-state index in [9.17, 15) is 0 Å². The van der Waals surface area contributed by atoms with E-state index in [-0.39, 0.29) is 0 Å². The van der Waals surface area contributed by atoms with Crippen LogP contribution >= 0.6 is 0 Å². The molecule has 1 atom stereocenters. The molecule has 0 radical (unpaired) electrons. The number of rotatable bonds is 2. The van der Waals surface area contributed by atoms with E-state index in [1.54, 1.807) is 0 Å².